The molecule has 0 aliphatic rings. The summed E-state index contributed by atoms with van der Waals surface area (Å²) in [5.74, 6) is -6.81. The number of carboxylic acids is 2. The molecule has 0 aromatic heterocycles. The second kappa shape index (κ2) is 12.8. The fourth-order valence-electron chi connectivity index (χ4n) is 2.61. The van der Waals surface area contributed by atoms with Crippen LogP contribution in [0.4, 0.5) is 8.78 Å². The number of hydrogen-bond acceptors (Lipinski definition) is 6. The number of nitrogens with one attached hydrogen (secondary N) is 3. The average molecular weight is 437 g/mol. The van der Waals surface area contributed by atoms with Crippen LogP contribution in [0, 0.1) is 5.92 Å². The van der Waals surface area contributed by atoms with E-state index in [0.717, 1.165) is 0 Å². The molecule has 0 bridgehead atoms. The SMILES string of the molecule is CC(C)CC(NC(=O)C(CC(=O)O)NC(C)C)C(=O)NC(CC(F)F)C(=O)C(=O)O. The van der Waals surface area contributed by atoms with Crippen molar-refractivity contribution in [2.75, 3.05) is 0 Å². The molecule has 3 atom stereocenters. The summed E-state index contributed by atoms with van der Waals surface area (Å²) in [4.78, 5) is 58.5. The number of carbonyl (C=O) groups is 5. The van der Waals surface area contributed by atoms with E-state index in [4.69, 9.17) is 10.2 Å². The van der Waals surface area contributed by atoms with Gasteiger partial charge in [-0.3, -0.25) is 19.2 Å². The Hall–Kier alpha value is -2.63. The Morgan fingerprint density at radius 2 is 1.30 bits per heavy atom. The molecule has 0 rings (SSSR count). The van der Waals surface area contributed by atoms with E-state index in [0.29, 0.717) is 0 Å². The first-order valence-corrected chi connectivity index (χ1v) is 9.38. The molecule has 0 saturated carbocycles. The topological polar surface area (TPSA) is 162 Å². The van der Waals surface area contributed by atoms with E-state index in [9.17, 15) is 32.8 Å². The van der Waals surface area contributed by atoms with Gasteiger partial charge in [0.15, 0.2) is 0 Å². The van der Waals surface area contributed by atoms with E-state index in [-0.39, 0.29) is 18.4 Å². The number of hydrogen-bond donors (Lipinski definition) is 5. The minimum absolute atomic E-state index is 0.0434. The molecule has 2 amide bonds. The highest BCUT2D eigenvalue weighted by Gasteiger charge is 2.33. The molecule has 3 unspecified atom stereocenters. The molecule has 0 heterocycles. The predicted molar refractivity (Wildman–Crippen MR) is 101 cm³/mol. The molecule has 12 heteroatoms. The van der Waals surface area contributed by atoms with Crippen molar-refractivity contribution in [3.8, 4) is 0 Å². The van der Waals surface area contributed by atoms with Gasteiger partial charge < -0.3 is 26.2 Å². The van der Waals surface area contributed by atoms with E-state index in [1.165, 1.54) is 0 Å². The maximum atomic E-state index is 12.7. The zero-order valence-electron chi connectivity index (χ0n) is 17.3. The highest BCUT2D eigenvalue weighted by atomic mass is 19.3. The number of carboxylic acid groups (broad SMARTS) is 2. The van der Waals surface area contributed by atoms with Crippen molar-refractivity contribution in [2.24, 2.45) is 5.92 Å². The number of Topliss-reactive ketones (excluding diaryl/α,β-unsaturated/α-hetero) is 1. The van der Waals surface area contributed by atoms with Crippen LogP contribution in [0.3, 0.4) is 0 Å². The molecule has 0 aliphatic carbocycles. The van der Waals surface area contributed by atoms with Crippen molar-refractivity contribution in [1.29, 1.82) is 0 Å². The second-order valence-electron chi connectivity index (χ2n) is 7.52. The minimum atomic E-state index is -3.05. The maximum Gasteiger partial charge on any atom is 0.374 e. The van der Waals surface area contributed by atoms with Crippen LogP contribution in [0.1, 0.15) is 47.0 Å². The average Bonchev–Trinajstić information content (AvgIpc) is 2.57. The summed E-state index contributed by atoms with van der Waals surface area (Å²) in [7, 11) is 0. The van der Waals surface area contributed by atoms with Crippen LogP contribution in [-0.2, 0) is 24.0 Å². The summed E-state index contributed by atoms with van der Waals surface area (Å²) in [6.45, 7) is 6.80. The van der Waals surface area contributed by atoms with Crippen molar-refractivity contribution in [2.45, 2.75) is 77.6 Å². The molecular weight excluding hydrogens is 408 g/mol. The smallest absolute Gasteiger partial charge is 0.374 e. The van der Waals surface area contributed by atoms with Gasteiger partial charge in [-0.15, -0.1) is 0 Å². The molecule has 0 aromatic rings. The minimum Gasteiger partial charge on any atom is -0.481 e. The number of aliphatic carboxylic acids is 2. The first-order valence-electron chi connectivity index (χ1n) is 9.38. The number of ketones is 1. The standard InChI is InChI=1S/C18H29F2N3O7/c1-8(2)5-11(23-17(28)12(7-14(24)25)21-9(3)4)16(27)22-10(6-13(19)20)15(26)18(29)30/h8-13,21H,5-7H2,1-4H3,(H,22,27)(H,23,28)(H,24,25)(H,29,30). The molecule has 172 valence electrons. The van der Waals surface area contributed by atoms with Crippen LogP contribution in [0.15, 0.2) is 0 Å². The van der Waals surface area contributed by atoms with Gasteiger partial charge in [0.05, 0.1) is 12.5 Å². The van der Waals surface area contributed by atoms with Crippen molar-refractivity contribution < 1.29 is 43.0 Å². The van der Waals surface area contributed by atoms with Gasteiger partial charge in [-0.05, 0) is 12.3 Å². The lowest BCUT2D eigenvalue weighted by molar-refractivity contribution is -0.151. The van der Waals surface area contributed by atoms with Gasteiger partial charge in [0, 0.05) is 12.5 Å². The summed E-state index contributed by atoms with van der Waals surface area (Å²) in [5, 5.41) is 24.8. The fraction of sp³-hybridized carbons (Fsp3) is 0.722. The summed E-state index contributed by atoms with van der Waals surface area (Å²) in [6, 6.07) is -4.67. The summed E-state index contributed by atoms with van der Waals surface area (Å²) < 4.78 is 25.4. The monoisotopic (exact) mass is 437 g/mol. The lowest BCUT2D eigenvalue weighted by atomic mass is 10.0. The Morgan fingerprint density at radius 1 is 0.800 bits per heavy atom. The lowest BCUT2D eigenvalue weighted by Gasteiger charge is -2.26. The molecule has 0 radical (unpaired) electrons. The fourth-order valence-corrected chi connectivity index (χ4v) is 2.61. The van der Waals surface area contributed by atoms with Crippen LogP contribution in [-0.4, -0.2) is 70.3 Å². The second-order valence-corrected chi connectivity index (χ2v) is 7.52. The van der Waals surface area contributed by atoms with E-state index in [1.54, 1.807) is 27.7 Å². The highest BCUT2D eigenvalue weighted by Crippen LogP contribution is 2.10. The zero-order chi connectivity index (χ0) is 23.6. The van der Waals surface area contributed by atoms with Gasteiger partial charge in [-0.1, -0.05) is 27.7 Å². The summed E-state index contributed by atoms with van der Waals surface area (Å²) >= 11 is 0. The van der Waals surface area contributed by atoms with Crippen molar-refractivity contribution in [3.63, 3.8) is 0 Å². The Kier molecular flexibility index (Phi) is 11.7. The van der Waals surface area contributed by atoms with Gasteiger partial charge in [0.2, 0.25) is 18.2 Å². The largest absolute Gasteiger partial charge is 0.481 e. The third-order valence-electron chi connectivity index (χ3n) is 3.83. The summed E-state index contributed by atoms with van der Waals surface area (Å²) in [5.41, 5.74) is 0. The lowest BCUT2D eigenvalue weighted by Crippen LogP contribution is -2.57. The van der Waals surface area contributed by atoms with E-state index < -0.39 is 66.9 Å². The number of amides is 2. The van der Waals surface area contributed by atoms with Crippen molar-refractivity contribution in [1.82, 2.24) is 16.0 Å². The zero-order valence-corrected chi connectivity index (χ0v) is 17.3. The Balaban J connectivity index is 5.50. The Bertz CT molecular complexity index is 641. The summed E-state index contributed by atoms with van der Waals surface area (Å²) in [6.07, 6.45) is -4.77. The molecule has 0 fully saturated rings. The van der Waals surface area contributed by atoms with Crippen LogP contribution < -0.4 is 16.0 Å². The Morgan fingerprint density at radius 3 is 1.70 bits per heavy atom. The molecule has 30 heavy (non-hydrogen) atoms. The van der Waals surface area contributed by atoms with E-state index in [2.05, 4.69) is 10.6 Å². The van der Waals surface area contributed by atoms with Gasteiger partial charge in [-0.25, -0.2) is 13.6 Å². The molecule has 0 spiro atoms. The van der Waals surface area contributed by atoms with Crippen LogP contribution in [0.25, 0.3) is 0 Å². The van der Waals surface area contributed by atoms with Crippen molar-refractivity contribution in [3.05, 3.63) is 0 Å². The highest BCUT2D eigenvalue weighted by molar-refractivity contribution is 6.35. The third kappa shape index (κ3) is 10.8. The molecule has 10 nitrogen and oxygen atoms in total. The molecule has 0 aromatic carbocycles. The third-order valence-corrected chi connectivity index (χ3v) is 3.83. The van der Waals surface area contributed by atoms with Gasteiger partial charge >= 0.3 is 11.9 Å². The van der Waals surface area contributed by atoms with Crippen LogP contribution in [0.5, 0.6) is 0 Å². The Labute approximate surface area is 172 Å². The van der Waals surface area contributed by atoms with E-state index >= 15 is 0 Å². The molecule has 0 saturated heterocycles. The first-order chi connectivity index (χ1) is 13.7. The maximum absolute atomic E-state index is 12.7. The van der Waals surface area contributed by atoms with Gasteiger partial charge in [-0.2, -0.15) is 0 Å². The molecule has 0 aliphatic heterocycles. The molecular formula is C18H29F2N3O7. The quantitative estimate of drug-likeness (QED) is 0.240. The van der Waals surface area contributed by atoms with Crippen LogP contribution in [0.2, 0.25) is 0 Å². The number of rotatable bonds is 14. The van der Waals surface area contributed by atoms with Crippen molar-refractivity contribution >= 4 is 29.5 Å². The first kappa shape index (κ1) is 27.4. The normalized spacial score (nSPS) is 14.3. The number of halogens is 2. The number of alkyl halides is 2. The van der Waals surface area contributed by atoms with Crippen LogP contribution >= 0.6 is 0 Å². The predicted octanol–water partition coefficient (Wildman–Crippen LogP) is 0.152. The van der Waals surface area contributed by atoms with E-state index in [1.807, 2.05) is 5.32 Å². The molecule has 5 N–H and O–H groups in total. The van der Waals surface area contributed by atoms with Gasteiger partial charge in [0.25, 0.3) is 5.78 Å². The number of carbonyl (C=O) groups excluding carboxylic acids is 3. The van der Waals surface area contributed by atoms with Gasteiger partial charge in [0.1, 0.15) is 12.1 Å².